The van der Waals surface area contributed by atoms with Crippen molar-refractivity contribution < 1.29 is 4.74 Å². The van der Waals surface area contributed by atoms with Crippen LogP contribution in [0, 0.1) is 0 Å². The van der Waals surface area contributed by atoms with Crippen LogP contribution < -0.4 is 4.74 Å². The summed E-state index contributed by atoms with van der Waals surface area (Å²) in [7, 11) is 0. The average Bonchev–Trinajstić information content (AvgIpc) is 2.45. The molecule has 0 fully saturated rings. The lowest BCUT2D eigenvalue weighted by Gasteiger charge is -2.11. The zero-order valence-electron chi connectivity index (χ0n) is 11.6. The summed E-state index contributed by atoms with van der Waals surface area (Å²) in [5.41, 5.74) is 3.14. The third kappa shape index (κ3) is 4.22. The number of hydrogen-bond acceptors (Lipinski definition) is 2. The second-order valence-corrected chi connectivity index (χ2v) is 6.13. The van der Waals surface area contributed by atoms with Crippen LogP contribution in [0.4, 0.5) is 0 Å². The SMILES string of the molecule is CC(C)c1cc(CCl)cc(OCc2cccc(Br)c2)n1. The Bertz CT molecular complexity index is 586. The third-order valence-electron chi connectivity index (χ3n) is 2.90. The van der Waals surface area contributed by atoms with Gasteiger partial charge in [-0.2, -0.15) is 0 Å². The fraction of sp³-hybridized carbons (Fsp3) is 0.312. The molecule has 0 bridgehead atoms. The number of alkyl halides is 1. The van der Waals surface area contributed by atoms with Gasteiger partial charge in [-0.05, 0) is 35.2 Å². The van der Waals surface area contributed by atoms with Gasteiger partial charge in [0.05, 0.1) is 0 Å². The molecule has 2 nitrogen and oxygen atoms in total. The number of nitrogens with zero attached hydrogens (tertiary/aromatic N) is 1. The van der Waals surface area contributed by atoms with Crippen molar-refractivity contribution in [3.63, 3.8) is 0 Å². The van der Waals surface area contributed by atoms with Gasteiger partial charge in [-0.15, -0.1) is 11.6 Å². The first-order valence-corrected chi connectivity index (χ1v) is 7.85. The predicted octanol–water partition coefficient (Wildman–Crippen LogP) is 5.29. The standard InChI is InChI=1S/C16H17BrClNO/c1-11(2)15-7-13(9-18)8-16(19-15)20-10-12-4-3-5-14(17)6-12/h3-8,11H,9-10H2,1-2H3. The van der Waals surface area contributed by atoms with E-state index in [2.05, 4.69) is 34.8 Å². The summed E-state index contributed by atoms with van der Waals surface area (Å²) in [6.07, 6.45) is 0. The summed E-state index contributed by atoms with van der Waals surface area (Å²) in [6.45, 7) is 4.71. The second-order valence-electron chi connectivity index (χ2n) is 4.95. The molecule has 2 rings (SSSR count). The molecule has 0 atom stereocenters. The average molecular weight is 355 g/mol. The zero-order valence-corrected chi connectivity index (χ0v) is 13.9. The Hall–Kier alpha value is -1.06. The Morgan fingerprint density at radius 1 is 1.20 bits per heavy atom. The number of aromatic nitrogens is 1. The molecule has 1 aromatic carbocycles. The van der Waals surface area contributed by atoms with Crippen molar-refractivity contribution in [1.29, 1.82) is 0 Å². The lowest BCUT2D eigenvalue weighted by molar-refractivity contribution is 0.292. The molecule has 0 unspecified atom stereocenters. The van der Waals surface area contributed by atoms with Gasteiger partial charge >= 0.3 is 0 Å². The number of pyridine rings is 1. The number of benzene rings is 1. The van der Waals surface area contributed by atoms with Crippen LogP contribution in [-0.4, -0.2) is 4.98 Å². The summed E-state index contributed by atoms with van der Waals surface area (Å²) < 4.78 is 6.84. The van der Waals surface area contributed by atoms with Gasteiger partial charge in [-0.3, -0.25) is 0 Å². The van der Waals surface area contributed by atoms with Crippen molar-refractivity contribution in [2.45, 2.75) is 32.3 Å². The number of hydrogen-bond donors (Lipinski definition) is 0. The first-order valence-electron chi connectivity index (χ1n) is 6.52. The van der Waals surface area contributed by atoms with Crippen molar-refractivity contribution in [1.82, 2.24) is 4.98 Å². The Balaban J connectivity index is 2.14. The van der Waals surface area contributed by atoms with E-state index in [9.17, 15) is 0 Å². The maximum Gasteiger partial charge on any atom is 0.214 e. The monoisotopic (exact) mass is 353 g/mol. The van der Waals surface area contributed by atoms with Crippen LogP contribution in [0.15, 0.2) is 40.9 Å². The molecule has 0 radical (unpaired) electrons. The van der Waals surface area contributed by atoms with E-state index in [0.717, 1.165) is 21.3 Å². The normalized spacial score (nSPS) is 10.8. The van der Waals surface area contributed by atoms with Gasteiger partial charge in [0.2, 0.25) is 5.88 Å². The molecule has 0 aliphatic carbocycles. The first-order chi connectivity index (χ1) is 9.58. The zero-order chi connectivity index (χ0) is 14.5. The Morgan fingerprint density at radius 3 is 2.65 bits per heavy atom. The molecule has 0 N–H and O–H groups in total. The van der Waals surface area contributed by atoms with Gasteiger partial charge in [0.1, 0.15) is 6.61 Å². The minimum Gasteiger partial charge on any atom is -0.473 e. The molecule has 0 amide bonds. The van der Waals surface area contributed by atoms with Gasteiger partial charge in [0.15, 0.2) is 0 Å². The summed E-state index contributed by atoms with van der Waals surface area (Å²) in [5, 5.41) is 0. The highest BCUT2D eigenvalue weighted by molar-refractivity contribution is 9.10. The molecule has 0 saturated heterocycles. The van der Waals surface area contributed by atoms with Gasteiger partial charge in [0.25, 0.3) is 0 Å². The molecule has 1 heterocycles. The molecule has 20 heavy (non-hydrogen) atoms. The molecular formula is C16H17BrClNO. The van der Waals surface area contributed by atoms with Crippen LogP contribution in [-0.2, 0) is 12.5 Å². The quantitative estimate of drug-likeness (QED) is 0.681. The van der Waals surface area contributed by atoms with Crippen LogP contribution >= 0.6 is 27.5 Å². The van der Waals surface area contributed by atoms with Gasteiger partial charge in [-0.25, -0.2) is 4.98 Å². The first kappa shape index (κ1) is 15.3. The Morgan fingerprint density at radius 2 is 2.00 bits per heavy atom. The van der Waals surface area contributed by atoms with E-state index in [1.54, 1.807) is 0 Å². The highest BCUT2D eigenvalue weighted by atomic mass is 79.9. The molecule has 2 aromatic rings. The third-order valence-corrected chi connectivity index (χ3v) is 3.70. The van der Waals surface area contributed by atoms with E-state index < -0.39 is 0 Å². The minimum atomic E-state index is 0.353. The molecule has 0 saturated carbocycles. The van der Waals surface area contributed by atoms with E-state index in [1.807, 2.05) is 36.4 Å². The number of rotatable bonds is 5. The Kier molecular flexibility index (Phi) is 5.44. The highest BCUT2D eigenvalue weighted by Crippen LogP contribution is 2.21. The molecule has 0 aliphatic heterocycles. The Labute approximate surface area is 133 Å². The highest BCUT2D eigenvalue weighted by Gasteiger charge is 2.07. The van der Waals surface area contributed by atoms with E-state index in [0.29, 0.717) is 24.3 Å². The fourth-order valence-corrected chi connectivity index (χ4v) is 2.41. The van der Waals surface area contributed by atoms with Crippen molar-refractivity contribution in [2.75, 3.05) is 0 Å². The van der Waals surface area contributed by atoms with Crippen molar-refractivity contribution in [2.24, 2.45) is 0 Å². The summed E-state index contributed by atoms with van der Waals surface area (Å²) in [6, 6.07) is 12.0. The second kappa shape index (κ2) is 7.09. The van der Waals surface area contributed by atoms with E-state index >= 15 is 0 Å². The van der Waals surface area contributed by atoms with Crippen LogP contribution in [0.3, 0.4) is 0 Å². The maximum atomic E-state index is 5.92. The van der Waals surface area contributed by atoms with Crippen LogP contribution in [0.2, 0.25) is 0 Å². The number of ether oxygens (including phenoxy) is 1. The lowest BCUT2D eigenvalue weighted by Crippen LogP contribution is -2.01. The van der Waals surface area contributed by atoms with Crippen LogP contribution in [0.5, 0.6) is 5.88 Å². The predicted molar refractivity (Wildman–Crippen MR) is 86.4 cm³/mol. The molecule has 1 aromatic heterocycles. The smallest absolute Gasteiger partial charge is 0.214 e. The van der Waals surface area contributed by atoms with Crippen LogP contribution in [0.1, 0.15) is 36.6 Å². The van der Waals surface area contributed by atoms with Crippen molar-refractivity contribution >= 4 is 27.5 Å². The summed E-state index contributed by atoms with van der Waals surface area (Å²) >= 11 is 9.38. The molecule has 4 heteroatoms. The van der Waals surface area contributed by atoms with Gasteiger partial charge in [-0.1, -0.05) is 41.9 Å². The summed E-state index contributed by atoms with van der Waals surface area (Å²) in [5.74, 6) is 1.45. The minimum absolute atomic E-state index is 0.353. The molecular weight excluding hydrogens is 338 g/mol. The fourth-order valence-electron chi connectivity index (χ4n) is 1.81. The maximum absolute atomic E-state index is 5.92. The lowest BCUT2D eigenvalue weighted by atomic mass is 10.1. The molecule has 0 aliphatic rings. The molecule has 0 spiro atoms. The van der Waals surface area contributed by atoms with E-state index in [-0.39, 0.29) is 0 Å². The van der Waals surface area contributed by atoms with Crippen molar-refractivity contribution in [3.8, 4) is 5.88 Å². The number of halogens is 2. The molecule has 106 valence electrons. The van der Waals surface area contributed by atoms with E-state index in [4.69, 9.17) is 16.3 Å². The largest absolute Gasteiger partial charge is 0.473 e. The van der Waals surface area contributed by atoms with Gasteiger partial charge in [0, 0.05) is 22.1 Å². The summed E-state index contributed by atoms with van der Waals surface area (Å²) in [4.78, 5) is 4.53. The van der Waals surface area contributed by atoms with Crippen LogP contribution in [0.25, 0.3) is 0 Å². The van der Waals surface area contributed by atoms with Gasteiger partial charge < -0.3 is 4.74 Å². The van der Waals surface area contributed by atoms with E-state index in [1.165, 1.54) is 0 Å². The van der Waals surface area contributed by atoms with Crippen molar-refractivity contribution in [3.05, 3.63) is 57.7 Å². The topological polar surface area (TPSA) is 22.1 Å².